The molecule has 0 N–H and O–H groups in total. The van der Waals surface area contributed by atoms with Crippen LogP contribution in [0.1, 0.15) is 26.7 Å². The van der Waals surface area contributed by atoms with Gasteiger partial charge in [0.1, 0.15) is 12.5 Å². The van der Waals surface area contributed by atoms with Crippen molar-refractivity contribution in [2.75, 3.05) is 6.61 Å². The summed E-state index contributed by atoms with van der Waals surface area (Å²) in [6.07, 6.45) is 2.47. The monoisotopic (exact) mass is 226 g/mol. The lowest BCUT2D eigenvalue weighted by molar-refractivity contribution is -0.153. The summed E-state index contributed by atoms with van der Waals surface area (Å²) in [5.74, 6) is -2.29. The largest absolute Gasteiger partial charge is 0.461 e. The first-order valence-corrected chi connectivity index (χ1v) is 5.13. The fourth-order valence-corrected chi connectivity index (χ4v) is 1.33. The van der Waals surface area contributed by atoms with Crippen molar-refractivity contribution in [3.8, 4) is 0 Å². The van der Waals surface area contributed by atoms with Crippen LogP contribution >= 0.6 is 0 Å². The summed E-state index contributed by atoms with van der Waals surface area (Å²) in [6, 6.07) is 0. The van der Waals surface area contributed by atoms with Crippen molar-refractivity contribution in [1.29, 1.82) is 0 Å². The summed E-state index contributed by atoms with van der Waals surface area (Å²) in [4.78, 5) is 33.1. The Hall–Kier alpha value is -1.65. The molecule has 0 saturated carbocycles. The smallest absolute Gasteiger partial charge is 0.333 e. The second-order valence-electron chi connectivity index (χ2n) is 3.59. The number of hydrogen-bond donors (Lipinski definition) is 0. The molecule has 88 valence electrons. The zero-order chi connectivity index (χ0) is 12.1. The molecule has 0 aromatic rings. The van der Waals surface area contributed by atoms with Gasteiger partial charge >= 0.3 is 17.9 Å². The third-order valence-corrected chi connectivity index (χ3v) is 2.21. The SMILES string of the molecule is CCC=C(C)C(=O)OCC1CC(=O)OC1=O. The van der Waals surface area contributed by atoms with Crippen LogP contribution in [0, 0.1) is 5.92 Å². The Morgan fingerprint density at radius 3 is 2.75 bits per heavy atom. The van der Waals surface area contributed by atoms with Crippen molar-refractivity contribution < 1.29 is 23.9 Å². The zero-order valence-corrected chi connectivity index (χ0v) is 9.32. The molecule has 5 nitrogen and oxygen atoms in total. The van der Waals surface area contributed by atoms with E-state index >= 15 is 0 Å². The molecule has 0 aliphatic carbocycles. The summed E-state index contributed by atoms with van der Waals surface area (Å²) in [5.41, 5.74) is 0.500. The number of carbonyl (C=O) groups is 3. The lowest BCUT2D eigenvalue weighted by Gasteiger charge is -2.06. The summed E-state index contributed by atoms with van der Waals surface area (Å²) >= 11 is 0. The maximum absolute atomic E-state index is 11.4. The zero-order valence-electron chi connectivity index (χ0n) is 9.32. The summed E-state index contributed by atoms with van der Waals surface area (Å²) in [7, 11) is 0. The average molecular weight is 226 g/mol. The topological polar surface area (TPSA) is 69.7 Å². The molecule has 0 bridgehead atoms. The number of allylic oxidation sites excluding steroid dienone is 1. The van der Waals surface area contributed by atoms with Gasteiger partial charge in [-0.25, -0.2) is 4.79 Å². The molecule has 1 heterocycles. The molecule has 1 aliphatic heterocycles. The van der Waals surface area contributed by atoms with Gasteiger partial charge in [0, 0.05) is 5.57 Å². The molecule has 0 aromatic carbocycles. The minimum Gasteiger partial charge on any atom is -0.461 e. The molecule has 1 atom stereocenters. The molecule has 1 unspecified atom stereocenters. The Labute approximate surface area is 93.4 Å². The van der Waals surface area contributed by atoms with E-state index in [1.165, 1.54) is 0 Å². The van der Waals surface area contributed by atoms with Gasteiger partial charge in [0.15, 0.2) is 0 Å². The van der Waals surface area contributed by atoms with Crippen molar-refractivity contribution in [2.24, 2.45) is 5.92 Å². The molecule has 0 spiro atoms. The van der Waals surface area contributed by atoms with E-state index in [-0.39, 0.29) is 13.0 Å². The molecular weight excluding hydrogens is 212 g/mol. The van der Waals surface area contributed by atoms with E-state index in [1.54, 1.807) is 13.0 Å². The summed E-state index contributed by atoms with van der Waals surface area (Å²) < 4.78 is 9.23. The Morgan fingerprint density at radius 2 is 2.25 bits per heavy atom. The summed E-state index contributed by atoms with van der Waals surface area (Å²) in [6.45, 7) is 3.45. The van der Waals surface area contributed by atoms with Crippen molar-refractivity contribution in [1.82, 2.24) is 0 Å². The molecule has 1 aliphatic rings. The van der Waals surface area contributed by atoms with Gasteiger partial charge in [-0.05, 0) is 13.3 Å². The van der Waals surface area contributed by atoms with Crippen LogP contribution < -0.4 is 0 Å². The highest BCUT2D eigenvalue weighted by Gasteiger charge is 2.34. The maximum Gasteiger partial charge on any atom is 0.333 e. The van der Waals surface area contributed by atoms with Crippen molar-refractivity contribution in [3.05, 3.63) is 11.6 Å². The van der Waals surface area contributed by atoms with Gasteiger partial charge in [0.05, 0.1) is 6.42 Å². The van der Waals surface area contributed by atoms with Gasteiger partial charge in [0.2, 0.25) is 0 Å². The summed E-state index contributed by atoms with van der Waals surface area (Å²) in [5, 5.41) is 0. The Kier molecular flexibility index (Phi) is 4.22. The van der Waals surface area contributed by atoms with Crippen LogP contribution in [-0.4, -0.2) is 24.5 Å². The number of rotatable bonds is 4. The molecule has 0 aromatic heterocycles. The van der Waals surface area contributed by atoms with Gasteiger partial charge < -0.3 is 9.47 Å². The van der Waals surface area contributed by atoms with Gasteiger partial charge in [-0.1, -0.05) is 13.0 Å². The van der Waals surface area contributed by atoms with Crippen LogP contribution in [0.3, 0.4) is 0 Å². The quantitative estimate of drug-likeness (QED) is 0.406. The third-order valence-electron chi connectivity index (χ3n) is 2.21. The van der Waals surface area contributed by atoms with Crippen LogP contribution in [0.2, 0.25) is 0 Å². The van der Waals surface area contributed by atoms with Crippen LogP contribution in [0.5, 0.6) is 0 Å². The number of esters is 3. The number of ether oxygens (including phenoxy) is 2. The lowest BCUT2D eigenvalue weighted by Crippen LogP contribution is -2.18. The fraction of sp³-hybridized carbons (Fsp3) is 0.545. The highest BCUT2D eigenvalue weighted by Crippen LogP contribution is 2.16. The van der Waals surface area contributed by atoms with E-state index in [1.807, 2.05) is 6.92 Å². The van der Waals surface area contributed by atoms with Gasteiger partial charge in [-0.2, -0.15) is 0 Å². The number of hydrogen-bond acceptors (Lipinski definition) is 5. The molecular formula is C11H14O5. The molecule has 16 heavy (non-hydrogen) atoms. The van der Waals surface area contributed by atoms with Crippen LogP contribution in [0.15, 0.2) is 11.6 Å². The van der Waals surface area contributed by atoms with Gasteiger partial charge in [0.25, 0.3) is 0 Å². The van der Waals surface area contributed by atoms with Crippen LogP contribution in [0.25, 0.3) is 0 Å². The highest BCUT2D eigenvalue weighted by atomic mass is 16.6. The number of carbonyl (C=O) groups excluding carboxylic acids is 3. The van der Waals surface area contributed by atoms with Crippen LogP contribution in [0.4, 0.5) is 0 Å². The fourth-order valence-electron chi connectivity index (χ4n) is 1.33. The molecule has 1 fully saturated rings. The molecule has 5 heteroatoms. The van der Waals surface area contributed by atoms with Crippen molar-refractivity contribution in [3.63, 3.8) is 0 Å². The Balaban J connectivity index is 2.40. The predicted octanol–water partition coefficient (Wildman–Crippen LogP) is 0.976. The Morgan fingerprint density at radius 1 is 1.56 bits per heavy atom. The normalized spacial score (nSPS) is 20.9. The van der Waals surface area contributed by atoms with E-state index in [4.69, 9.17) is 4.74 Å². The first-order valence-electron chi connectivity index (χ1n) is 5.13. The first kappa shape index (κ1) is 12.4. The van der Waals surface area contributed by atoms with Crippen molar-refractivity contribution >= 4 is 17.9 Å². The second kappa shape index (κ2) is 5.44. The molecule has 0 radical (unpaired) electrons. The third kappa shape index (κ3) is 3.18. The van der Waals surface area contributed by atoms with E-state index in [0.717, 1.165) is 6.42 Å². The highest BCUT2D eigenvalue weighted by molar-refractivity contribution is 5.95. The lowest BCUT2D eigenvalue weighted by atomic mass is 10.1. The van der Waals surface area contributed by atoms with E-state index in [0.29, 0.717) is 5.57 Å². The van der Waals surface area contributed by atoms with E-state index < -0.39 is 23.8 Å². The molecule has 0 amide bonds. The minimum absolute atomic E-state index is 0.0113. The standard InChI is InChI=1S/C11H14O5/c1-3-4-7(2)10(13)15-6-8-5-9(12)16-11(8)14/h4,8H,3,5-6H2,1-2H3. The van der Waals surface area contributed by atoms with Crippen molar-refractivity contribution in [2.45, 2.75) is 26.7 Å². The predicted molar refractivity (Wildman–Crippen MR) is 54.2 cm³/mol. The molecule has 1 rings (SSSR count). The first-order chi connectivity index (χ1) is 7.54. The van der Waals surface area contributed by atoms with Crippen LogP contribution in [-0.2, 0) is 23.9 Å². The molecule has 1 saturated heterocycles. The maximum atomic E-state index is 11.4. The second-order valence-corrected chi connectivity index (χ2v) is 3.59. The van der Waals surface area contributed by atoms with E-state index in [2.05, 4.69) is 4.74 Å². The van der Waals surface area contributed by atoms with E-state index in [9.17, 15) is 14.4 Å². The minimum atomic E-state index is -0.647. The Bertz CT molecular complexity index is 342. The average Bonchev–Trinajstić information content (AvgIpc) is 2.54. The van der Waals surface area contributed by atoms with Gasteiger partial charge in [-0.3, -0.25) is 9.59 Å². The van der Waals surface area contributed by atoms with Gasteiger partial charge in [-0.15, -0.1) is 0 Å². The number of cyclic esters (lactones) is 2.